The van der Waals surface area contributed by atoms with Crippen LogP contribution in [0.1, 0.15) is 79.5 Å². The van der Waals surface area contributed by atoms with Gasteiger partial charge in [0.1, 0.15) is 0 Å². The smallest absolute Gasteiger partial charge is 0.305 e. The van der Waals surface area contributed by atoms with Crippen molar-refractivity contribution in [2.75, 3.05) is 24.3 Å². The maximum Gasteiger partial charge on any atom is 0.305 e. The van der Waals surface area contributed by atoms with E-state index in [1.54, 1.807) is 0 Å². The Labute approximate surface area is 253 Å². The van der Waals surface area contributed by atoms with Gasteiger partial charge < -0.3 is 41.1 Å². The van der Waals surface area contributed by atoms with Gasteiger partial charge in [-0.1, -0.05) is 6.42 Å². The average Bonchev–Trinajstić information content (AvgIpc) is 3.05. The van der Waals surface area contributed by atoms with E-state index in [-0.39, 0.29) is 63.2 Å². The maximum atomic E-state index is 13.1. The average molecular weight is 610 g/mol. The molecule has 0 bridgehead atoms. The number of nitrogens with one attached hydrogen (secondary N) is 3. The van der Waals surface area contributed by atoms with Crippen molar-refractivity contribution in [3.05, 3.63) is 81.9 Å². The molecule has 234 valence electrons. The highest BCUT2D eigenvalue weighted by Gasteiger charge is 2.16. The molecule has 3 aromatic rings. The molecule has 0 aliphatic carbocycles. The molecule has 0 saturated carbocycles. The quantitative estimate of drug-likeness (QED) is 0.0964. The van der Waals surface area contributed by atoms with Gasteiger partial charge in [-0.15, -0.1) is 0 Å². The summed E-state index contributed by atoms with van der Waals surface area (Å²) >= 11 is 0. The van der Waals surface area contributed by atoms with Crippen LogP contribution in [0.4, 0.5) is 11.4 Å². The fraction of sp³-hybridized carbons (Fsp3) is 0.333. The number of nitrogens with zero attached hydrogens (tertiary/aromatic N) is 2. The van der Waals surface area contributed by atoms with Crippen LogP contribution in [0.3, 0.4) is 0 Å². The summed E-state index contributed by atoms with van der Waals surface area (Å²) in [5.74, 6) is -2.02. The number of aliphatic hydroxyl groups is 4. The molecule has 14 nitrogen and oxygen atoms in total. The molecule has 2 aromatic heterocycles. The Morgan fingerprint density at radius 2 is 1.05 bits per heavy atom. The lowest BCUT2D eigenvalue weighted by molar-refractivity contribution is -0.140. The number of carbonyl (C=O) groups is 4. The second-order valence-corrected chi connectivity index (χ2v) is 9.66. The van der Waals surface area contributed by atoms with Crippen LogP contribution >= 0.6 is 0 Å². The Kier molecular flexibility index (Phi) is 12.9. The third-order valence-electron chi connectivity index (χ3n) is 6.32. The summed E-state index contributed by atoms with van der Waals surface area (Å²) in [7, 11) is 1.32. The first-order chi connectivity index (χ1) is 21.2. The van der Waals surface area contributed by atoms with E-state index in [0.717, 1.165) is 0 Å². The molecule has 0 aliphatic rings. The number of ether oxygens (including phenoxy) is 1. The van der Waals surface area contributed by atoms with Crippen molar-refractivity contribution in [1.82, 2.24) is 15.3 Å². The first kappa shape index (κ1) is 33.7. The van der Waals surface area contributed by atoms with E-state index in [1.807, 2.05) is 0 Å². The predicted octanol–water partition coefficient (Wildman–Crippen LogP) is 1.41. The molecule has 0 radical (unpaired) electrons. The summed E-state index contributed by atoms with van der Waals surface area (Å²) in [5.41, 5.74) is 1.35. The highest BCUT2D eigenvalue weighted by Crippen LogP contribution is 2.22. The van der Waals surface area contributed by atoms with Crippen LogP contribution in [0.5, 0.6) is 0 Å². The summed E-state index contributed by atoms with van der Waals surface area (Å²) < 4.78 is 4.61. The number of hydrogen-bond acceptors (Lipinski definition) is 11. The second-order valence-electron chi connectivity index (χ2n) is 9.66. The number of aromatic nitrogens is 2. The minimum Gasteiger partial charge on any atom is -0.469 e. The number of hydrogen-bond donors (Lipinski definition) is 7. The standard InChI is InChI=1S/C30H35N5O9/c1-44-27(40)5-3-2-4-6-31-28(41)18-7-21(34-29(42)19-9-23(14-36)32-24(10-19)15-37)13-22(8-18)35-30(43)20-11-25(16-38)33-26(12-20)17-39/h7-13,36-39H,2-6,14-17H2,1H3,(H,31,41)(H,34,42)(H,35,43). The summed E-state index contributed by atoms with van der Waals surface area (Å²) in [6.45, 7) is -1.49. The first-order valence-corrected chi connectivity index (χ1v) is 13.8. The lowest BCUT2D eigenvalue weighted by Crippen LogP contribution is -2.25. The zero-order chi connectivity index (χ0) is 32.1. The third-order valence-corrected chi connectivity index (χ3v) is 6.32. The van der Waals surface area contributed by atoms with Gasteiger partial charge in [0.25, 0.3) is 17.7 Å². The molecular formula is C30H35N5O9. The van der Waals surface area contributed by atoms with Crippen molar-refractivity contribution in [3.63, 3.8) is 0 Å². The molecule has 3 rings (SSSR count). The number of carbonyl (C=O) groups excluding carboxylic acids is 4. The largest absolute Gasteiger partial charge is 0.469 e. The third kappa shape index (κ3) is 9.91. The molecule has 0 saturated heterocycles. The molecule has 0 fully saturated rings. The number of benzene rings is 1. The van der Waals surface area contributed by atoms with Crippen LogP contribution in [-0.4, -0.2) is 67.7 Å². The van der Waals surface area contributed by atoms with E-state index in [9.17, 15) is 39.6 Å². The second kappa shape index (κ2) is 16.8. The van der Waals surface area contributed by atoms with Gasteiger partial charge in [0.15, 0.2) is 0 Å². The number of pyridine rings is 2. The van der Waals surface area contributed by atoms with Crippen LogP contribution in [0.2, 0.25) is 0 Å². The molecule has 0 atom stereocenters. The molecule has 44 heavy (non-hydrogen) atoms. The monoisotopic (exact) mass is 609 g/mol. The van der Waals surface area contributed by atoms with Crippen LogP contribution < -0.4 is 16.0 Å². The zero-order valence-electron chi connectivity index (χ0n) is 24.1. The molecule has 1 aromatic carbocycles. The summed E-state index contributed by atoms with van der Waals surface area (Å²) in [6.07, 6.45) is 2.18. The normalized spacial score (nSPS) is 10.7. The number of aliphatic hydroxyl groups excluding tert-OH is 4. The SMILES string of the molecule is COC(=O)CCCCCNC(=O)c1cc(NC(=O)c2cc(CO)nc(CO)c2)cc(NC(=O)c2cc(CO)nc(CO)c2)c1. The number of methoxy groups -OCH3 is 1. The minimum atomic E-state index is -0.619. The molecule has 7 N–H and O–H groups in total. The van der Waals surface area contributed by atoms with Crippen LogP contribution in [0.25, 0.3) is 0 Å². The Morgan fingerprint density at radius 3 is 1.45 bits per heavy atom. The van der Waals surface area contributed by atoms with Crippen LogP contribution in [0, 0.1) is 0 Å². The van der Waals surface area contributed by atoms with E-state index in [1.165, 1.54) is 49.6 Å². The van der Waals surface area contributed by atoms with Crippen molar-refractivity contribution in [1.29, 1.82) is 0 Å². The molecule has 3 amide bonds. The van der Waals surface area contributed by atoms with Crippen LogP contribution in [-0.2, 0) is 36.0 Å². The Hall–Kier alpha value is -4.76. The number of unbranched alkanes of at least 4 members (excludes halogenated alkanes) is 2. The van der Waals surface area contributed by atoms with Crippen molar-refractivity contribution in [2.24, 2.45) is 0 Å². The number of esters is 1. The lowest BCUT2D eigenvalue weighted by atomic mass is 10.1. The number of rotatable bonds is 15. The lowest BCUT2D eigenvalue weighted by Gasteiger charge is -2.14. The molecule has 0 aliphatic heterocycles. The van der Waals surface area contributed by atoms with E-state index in [2.05, 4.69) is 30.7 Å². The van der Waals surface area contributed by atoms with E-state index in [0.29, 0.717) is 25.8 Å². The summed E-state index contributed by atoms with van der Waals surface area (Å²) in [4.78, 5) is 58.5. The summed E-state index contributed by atoms with van der Waals surface area (Å²) in [5, 5.41) is 46.0. The van der Waals surface area contributed by atoms with Gasteiger partial charge in [-0.2, -0.15) is 0 Å². The topological polar surface area (TPSA) is 220 Å². The van der Waals surface area contributed by atoms with Gasteiger partial charge in [0.05, 0.1) is 56.3 Å². The zero-order valence-corrected chi connectivity index (χ0v) is 24.1. The fourth-order valence-corrected chi connectivity index (χ4v) is 4.17. The molecular weight excluding hydrogens is 574 g/mol. The Balaban J connectivity index is 1.84. The Bertz CT molecular complexity index is 1360. The van der Waals surface area contributed by atoms with Crippen molar-refractivity contribution in [3.8, 4) is 0 Å². The van der Waals surface area contributed by atoms with Gasteiger partial charge in [-0.3, -0.25) is 29.1 Å². The maximum absolute atomic E-state index is 13.1. The molecule has 0 unspecified atom stereocenters. The van der Waals surface area contributed by atoms with Gasteiger partial charge >= 0.3 is 5.97 Å². The molecule has 14 heteroatoms. The summed E-state index contributed by atoms with van der Waals surface area (Å²) in [6, 6.07) is 9.69. The van der Waals surface area contributed by atoms with Crippen molar-refractivity contribution >= 4 is 35.1 Å². The van der Waals surface area contributed by atoms with Crippen molar-refractivity contribution in [2.45, 2.75) is 52.1 Å². The van der Waals surface area contributed by atoms with E-state index >= 15 is 0 Å². The molecule has 2 heterocycles. The number of anilines is 2. The van der Waals surface area contributed by atoms with Gasteiger partial charge in [0, 0.05) is 41.0 Å². The Morgan fingerprint density at radius 1 is 0.614 bits per heavy atom. The number of amides is 3. The van der Waals surface area contributed by atoms with E-state index < -0.39 is 44.1 Å². The van der Waals surface area contributed by atoms with Crippen LogP contribution in [0.15, 0.2) is 42.5 Å². The van der Waals surface area contributed by atoms with E-state index in [4.69, 9.17) is 0 Å². The highest BCUT2D eigenvalue weighted by atomic mass is 16.5. The first-order valence-electron chi connectivity index (χ1n) is 13.8. The van der Waals surface area contributed by atoms with Gasteiger partial charge in [-0.05, 0) is 55.3 Å². The minimum absolute atomic E-state index is 0.102. The predicted molar refractivity (Wildman–Crippen MR) is 157 cm³/mol. The van der Waals surface area contributed by atoms with Gasteiger partial charge in [-0.25, -0.2) is 0 Å². The van der Waals surface area contributed by atoms with Crippen molar-refractivity contribution < 1.29 is 44.3 Å². The van der Waals surface area contributed by atoms with Gasteiger partial charge in [0.2, 0.25) is 0 Å². The molecule has 0 spiro atoms. The highest BCUT2D eigenvalue weighted by molar-refractivity contribution is 6.08. The fourth-order valence-electron chi connectivity index (χ4n) is 4.17.